The summed E-state index contributed by atoms with van der Waals surface area (Å²) in [6.45, 7) is 0. The SMILES string of the molecule is O=[P+](O)O[n+]1cccnc1.[H-].[K+]. The summed E-state index contributed by atoms with van der Waals surface area (Å²) in [4.78, 5) is 11.9. The molecule has 0 bridgehead atoms. The molecule has 0 aliphatic rings. The van der Waals surface area contributed by atoms with Crippen LogP contribution in [-0.2, 0) is 4.57 Å². The van der Waals surface area contributed by atoms with E-state index in [0.29, 0.717) is 0 Å². The number of aromatic nitrogens is 2. The summed E-state index contributed by atoms with van der Waals surface area (Å²) in [7, 11) is -2.60. The van der Waals surface area contributed by atoms with Gasteiger partial charge in [0.2, 0.25) is 0 Å². The zero-order chi connectivity index (χ0) is 7.40. The predicted molar refractivity (Wildman–Crippen MR) is 31.9 cm³/mol. The minimum absolute atomic E-state index is 0. The van der Waals surface area contributed by atoms with Gasteiger partial charge < -0.3 is 1.43 Å². The second kappa shape index (κ2) is 6.13. The van der Waals surface area contributed by atoms with Crippen LogP contribution in [0.5, 0.6) is 0 Å². The molecule has 1 aromatic rings. The molecule has 0 aromatic carbocycles. The van der Waals surface area contributed by atoms with E-state index in [9.17, 15) is 4.57 Å². The number of nitrogens with zero attached hydrogens (tertiary/aromatic N) is 2. The molecule has 11 heavy (non-hydrogen) atoms. The van der Waals surface area contributed by atoms with Crippen molar-refractivity contribution in [2.24, 2.45) is 0 Å². The maximum atomic E-state index is 10.0. The molecular weight excluding hydrogens is 194 g/mol. The van der Waals surface area contributed by atoms with Crippen molar-refractivity contribution < 1.29 is 71.6 Å². The van der Waals surface area contributed by atoms with Crippen LogP contribution < -0.4 is 60.7 Å². The Hall–Kier alpha value is 0.576. The molecule has 0 aliphatic carbocycles. The summed E-state index contributed by atoms with van der Waals surface area (Å²) in [6, 6.07) is 1.58. The molecule has 7 heteroatoms. The van der Waals surface area contributed by atoms with Gasteiger partial charge in [-0.1, -0.05) is 4.98 Å². The molecule has 1 atom stereocenters. The predicted octanol–water partition coefficient (Wildman–Crippen LogP) is -3.44. The van der Waals surface area contributed by atoms with E-state index >= 15 is 0 Å². The van der Waals surface area contributed by atoms with E-state index < -0.39 is 8.25 Å². The molecule has 0 aliphatic heterocycles. The summed E-state index contributed by atoms with van der Waals surface area (Å²) < 4.78 is 15.4. The van der Waals surface area contributed by atoms with Gasteiger partial charge in [-0.3, -0.25) is 0 Å². The third-order valence-corrected chi connectivity index (χ3v) is 1.08. The Labute approximate surface area is 108 Å². The summed E-state index contributed by atoms with van der Waals surface area (Å²) in [5.41, 5.74) is 0. The number of rotatable bonds is 2. The molecular formula is C4H6KN2O3P+2. The van der Waals surface area contributed by atoms with Crippen molar-refractivity contribution in [2.75, 3.05) is 0 Å². The Morgan fingerprint density at radius 2 is 2.45 bits per heavy atom. The molecule has 1 N–H and O–H groups in total. The van der Waals surface area contributed by atoms with Gasteiger partial charge in [0.25, 0.3) is 0 Å². The average Bonchev–Trinajstić information content (AvgIpc) is 1.88. The molecule has 1 rings (SSSR count). The first-order valence-electron chi connectivity index (χ1n) is 2.45. The largest absolute Gasteiger partial charge is 1.00 e. The van der Waals surface area contributed by atoms with E-state index in [2.05, 4.69) is 9.61 Å². The van der Waals surface area contributed by atoms with Crippen LogP contribution in [0.4, 0.5) is 0 Å². The van der Waals surface area contributed by atoms with Crippen LogP contribution >= 0.6 is 8.25 Å². The maximum absolute atomic E-state index is 10.0. The molecule has 0 saturated carbocycles. The number of hydrogen-bond donors (Lipinski definition) is 1. The van der Waals surface area contributed by atoms with E-state index in [1.54, 1.807) is 6.07 Å². The van der Waals surface area contributed by atoms with Crippen molar-refractivity contribution >= 4 is 8.25 Å². The summed E-state index contributed by atoms with van der Waals surface area (Å²) in [6.07, 6.45) is 4.28. The minimum atomic E-state index is -2.60. The van der Waals surface area contributed by atoms with Crippen LogP contribution in [-0.4, -0.2) is 9.88 Å². The number of hydrogen-bond acceptors (Lipinski definition) is 3. The van der Waals surface area contributed by atoms with E-state index in [-0.39, 0.29) is 52.8 Å². The van der Waals surface area contributed by atoms with Crippen molar-refractivity contribution in [3.05, 3.63) is 24.8 Å². The van der Waals surface area contributed by atoms with Gasteiger partial charge in [-0.05, 0) is 4.62 Å². The second-order valence-electron chi connectivity index (χ2n) is 1.43. The van der Waals surface area contributed by atoms with Crippen molar-refractivity contribution in [2.45, 2.75) is 0 Å². The molecule has 0 amide bonds. The zero-order valence-electron chi connectivity index (χ0n) is 6.91. The van der Waals surface area contributed by atoms with E-state index in [4.69, 9.17) is 4.89 Å². The third-order valence-electron chi connectivity index (χ3n) is 0.750. The van der Waals surface area contributed by atoms with Gasteiger partial charge in [0, 0.05) is 15.4 Å². The summed E-state index contributed by atoms with van der Waals surface area (Å²) >= 11 is 0. The van der Waals surface area contributed by atoms with E-state index in [1.807, 2.05) is 0 Å². The van der Waals surface area contributed by atoms with Gasteiger partial charge in [0.1, 0.15) is 12.4 Å². The normalized spacial score (nSPS) is 9.73. The molecule has 1 heterocycles. The topological polar surface area (TPSA) is 63.3 Å². The molecule has 0 radical (unpaired) electrons. The Morgan fingerprint density at radius 1 is 1.73 bits per heavy atom. The fourth-order valence-corrected chi connectivity index (χ4v) is 0.703. The van der Waals surface area contributed by atoms with Gasteiger partial charge in [-0.15, -0.1) is 4.89 Å². The fraction of sp³-hybridized carbons (Fsp3) is 0. The molecule has 5 nitrogen and oxygen atoms in total. The monoisotopic (exact) mass is 200 g/mol. The maximum Gasteiger partial charge on any atom is 1.00 e. The van der Waals surface area contributed by atoms with E-state index in [0.717, 1.165) is 4.73 Å². The summed E-state index contributed by atoms with van der Waals surface area (Å²) in [5, 5.41) is 0. The van der Waals surface area contributed by atoms with Crippen LogP contribution in [0.3, 0.4) is 0 Å². The average molecular weight is 200 g/mol. The quantitative estimate of drug-likeness (QED) is 0.306. The molecule has 0 saturated heterocycles. The van der Waals surface area contributed by atoms with Crippen LogP contribution in [0.1, 0.15) is 1.43 Å². The van der Waals surface area contributed by atoms with Crippen LogP contribution in [0.25, 0.3) is 0 Å². The van der Waals surface area contributed by atoms with Crippen LogP contribution in [0.15, 0.2) is 24.8 Å². The van der Waals surface area contributed by atoms with Gasteiger partial charge in [-0.25, -0.2) is 0 Å². The molecule has 0 spiro atoms. The van der Waals surface area contributed by atoms with Gasteiger partial charge >= 0.3 is 66.0 Å². The zero-order valence-corrected chi connectivity index (χ0v) is 9.93. The minimum Gasteiger partial charge on any atom is -1.00 e. The smallest absolute Gasteiger partial charge is 1.00 e. The standard InChI is InChI=1S/C4H4N2O3P.K.H/c7-10(8)9-6-3-1-2-5-4-6;;/h1-4H;;/q2*+1;-1/p+1. The third kappa shape index (κ3) is 4.92. The molecule has 54 valence electrons. The molecule has 1 aromatic heterocycles. The van der Waals surface area contributed by atoms with E-state index in [1.165, 1.54) is 18.7 Å². The van der Waals surface area contributed by atoms with Crippen molar-refractivity contribution in [1.29, 1.82) is 0 Å². The fourth-order valence-electron chi connectivity index (χ4n) is 0.445. The van der Waals surface area contributed by atoms with Gasteiger partial charge in [-0.2, -0.15) is 0 Å². The van der Waals surface area contributed by atoms with Gasteiger partial charge in [0.15, 0.2) is 0 Å². The van der Waals surface area contributed by atoms with Gasteiger partial charge in [0.05, 0.1) is 0 Å². The van der Waals surface area contributed by atoms with Crippen molar-refractivity contribution in [1.82, 2.24) is 4.98 Å². The van der Waals surface area contributed by atoms with Crippen molar-refractivity contribution in [3.63, 3.8) is 0 Å². The Bertz CT molecular complexity index is 237. The summed E-state index contributed by atoms with van der Waals surface area (Å²) in [5.74, 6) is 0. The first-order chi connectivity index (χ1) is 4.79. The van der Waals surface area contributed by atoms with Crippen molar-refractivity contribution in [3.8, 4) is 0 Å². The molecule has 0 fully saturated rings. The van der Waals surface area contributed by atoms with Crippen LogP contribution in [0.2, 0.25) is 0 Å². The Morgan fingerprint density at radius 3 is 2.91 bits per heavy atom. The van der Waals surface area contributed by atoms with Crippen LogP contribution in [0, 0.1) is 0 Å². The first-order valence-corrected chi connectivity index (χ1v) is 3.58. The second-order valence-corrected chi connectivity index (χ2v) is 2.07. The molecule has 1 unspecified atom stereocenters. The Balaban J connectivity index is 0. The Kier molecular flexibility index (Phi) is 6.45. The first kappa shape index (κ1) is 11.6.